The summed E-state index contributed by atoms with van der Waals surface area (Å²) in [6.45, 7) is 2.65. The lowest BCUT2D eigenvalue weighted by Crippen LogP contribution is -2.51. The molecule has 1 heterocycles. The molecule has 0 aliphatic carbocycles. The summed E-state index contributed by atoms with van der Waals surface area (Å²) in [7, 11) is 0. The van der Waals surface area contributed by atoms with Gasteiger partial charge in [-0.15, -0.1) is 0 Å². The summed E-state index contributed by atoms with van der Waals surface area (Å²) in [4.78, 5) is 47.9. The minimum Gasteiger partial charge on any atom is -0.463 e. The Bertz CT molecular complexity index is 839. The van der Waals surface area contributed by atoms with E-state index in [-0.39, 0.29) is 23.4 Å². The van der Waals surface area contributed by atoms with Crippen LogP contribution in [0, 0.1) is 5.82 Å². The van der Waals surface area contributed by atoms with Crippen molar-refractivity contribution in [2.45, 2.75) is 26.3 Å². The van der Waals surface area contributed by atoms with Crippen LogP contribution in [-0.4, -0.2) is 49.7 Å². The number of amides is 3. The topological polar surface area (TPSA) is 123 Å². The van der Waals surface area contributed by atoms with Crippen LogP contribution < -0.4 is 16.0 Å². The van der Waals surface area contributed by atoms with Gasteiger partial charge in [-0.25, -0.2) is 14.0 Å². The Kier molecular flexibility index (Phi) is 7.70. The lowest BCUT2D eigenvalue weighted by atomic mass is 10.0. The summed E-state index contributed by atoms with van der Waals surface area (Å²) in [6.07, 6.45) is 0.428. The predicted molar refractivity (Wildman–Crippen MR) is 99.1 cm³/mol. The zero-order chi connectivity index (χ0) is 21.4. The van der Waals surface area contributed by atoms with E-state index >= 15 is 0 Å². The third kappa shape index (κ3) is 5.77. The molecule has 0 aromatic heterocycles. The van der Waals surface area contributed by atoms with Gasteiger partial charge in [0.15, 0.2) is 0 Å². The Morgan fingerprint density at radius 1 is 1.17 bits per heavy atom. The molecule has 0 bridgehead atoms. The van der Waals surface area contributed by atoms with Gasteiger partial charge in [0.05, 0.1) is 29.5 Å². The molecule has 1 atom stereocenters. The maximum atomic E-state index is 13.6. The molecule has 0 fully saturated rings. The minimum absolute atomic E-state index is 0.104. The molecule has 1 aromatic rings. The first-order chi connectivity index (χ1) is 13.9. The van der Waals surface area contributed by atoms with Crippen LogP contribution in [0.15, 0.2) is 35.5 Å². The number of ether oxygens (including phenoxy) is 2. The molecule has 2 rings (SSSR count). The monoisotopic (exact) mass is 407 g/mol. The van der Waals surface area contributed by atoms with Crippen molar-refractivity contribution in [3.05, 3.63) is 46.9 Å². The molecular formula is C19H22FN3O6. The van der Waals surface area contributed by atoms with E-state index in [2.05, 4.69) is 16.0 Å². The minimum atomic E-state index is -0.828. The standard InChI is InChI=1S/C19H22FN3O6/c1-3-13-16(18(26)28-4-2)14(23-19(27)22-13)10-29-15(24)9-21-17(25)11-7-5-6-8-12(11)20/h5-8,13H,3-4,9-10H2,1-2H3,(H,21,25)(H2,22,23,27)/t13-/m0/s1. The Balaban J connectivity index is 2.00. The third-order valence-corrected chi connectivity index (χ3v) is 4.04. The number of benzene rings is 1. The van der Waals surface area contributed by atoms with Crippen LogP contribution >= 0.6 is 0 Å². The van der Waals surface area contributed by atoms with Gasteiger partial charge in [0, 0.05) is 0 Å². The maximum Gasteiger partial charge on any atom is 0.338 e. The molecule has 0 spiro atoms. The highest BCUT2D eigenvalue weighted by Gasteiger charge is 2.32. The molecule has 10 heteroatoms. The van der Waals surface area contributed by atoms with Crippen molar-refractivity contribution in [1.82, 2.24) is 16.0 Å². The summed E-state index contributed by atoms with van der Waals surface area (Å²) in [5, 5.41) is 7.28. The van der Waals surface area contributed by atoms with E-state index in [0.717, 1.165) is 6.07 Å². The van der Waals surface area contributed by atoms with Gasteiger partial charge in [-0.2, -0.15) is 0 Å². The van der Waals surface area contributed by atoms with E-state index in [0.29, 0.717) is 6.42 Å². The summed E-state index contributed by atoms with van der Waals surface area (Å²) >= 11 is 0. The molecule has 0 radical (unpaired) electrons. The molecule has 1 aromatic carbocycles. The Morgan fingerprint density at radius 2 is 1.90 bits per heavy atom. The molecule has 0 unspecified atom stereocenters. The first kappa shape index (κ1) is 21.9. The van der Waals surface area contributed by atoms with Crippen LogP contribution in [0.2, 0.25) is 0 Å². The number of hydrogen-bond acceptors (Lipinski definition) is 6. The van der Waals surface area contributed by atoms with Gasteiger partial charge >= 0.3 is 18.0 Å². The van der Waals surface area contributed by atoms with E-state index in [1.807, 2.05) is 0 Å². The number of carbonyl (C=O) groups excluding carboxylic acids is 4. The Hall–Kier alpha value is -3.43. The second-order valence-corrected chi connectivity index (χ2v) is 6.00. The fourth-order valence-electron chi connectivity index (χ4n) is 2.67. The molecular weight excluding hydrogens is 385 g/mol. The van der Waals surface area contributed by atoms with Crippen molar-refractivity contribution in [3.63, 3.8) is 0 Å². The van der Waals surface area contributed by atoms with E-state index < -0.39 is 48.9 Å². The van der Waals surface area contributed by atoms with Gasteiger partial charge in [0.1, 0.15) is 19.0 Å². The molecule has 0 saturated heterocycles. The lowest BCUT2D eigenvalue weighted by Gasteiger charge is -2.28. The van der Waals surface area contributed by atoms with Gasteiger partial charge in [-0.05, 0) is 25.5 Å². The first-order valence-electron chi connectivity index (χ1n) is 9.03. The van der Waals surface area contributed by atoms with Gasteiger partial charge < -0.3 is 25.4 Å². The fraction of sp³-hybridized carbons (Fsp3) is 0.368. The summed E-state index contributed by atoms with van der Waals surface area (Å²) in [6, 6.07) is 4.21. The summed E-state index contributed by atoms with van der Waals surface area (Å²) in [5.41, 5.74) is 0.0639. The van der Waals surface area contributed by atoms with Gasteiger partial charge in [-0.1, -0.05) is 19.1 Å². The molecule has 156 valence electrons. The van der Waals surface area contributed by atoms with Crippen LogP contribution in [0.4, 0.5) is 9.18 Å². The fourth-order valence-corrected chi connectivity index (χ4v) is 2.67. The highest BCUT2D eigenvalue weighted by Crippen LogP contribution is 2.17. The normalized spacial score (nSPS) is 15.8. The van der Waals surface area contributed by atoms with E-state index in [4.69, 9.17) is 9.47 Å². The largest absolute Gasteiger partial charge is 0.463 e. The van der Waals surface area contributed by atoms with Crippen molar-refractivity contribution in [3.8, 4) is 0 Å². The number of urea groups is 1. The number of nitrogens with one attached hydrogen (secondary N) is 3. The average Bonchev–Trinajstić information content (AvgIpc) is 2.70. The number of esters is 2. The zero-order valence-electron chi connectivity index (χ0n) is 16.0. The van der Waals surface area contributed by atoms with Crippen molar-refractivity contribution in [1.29, 1.82) is 0 Å². The van der Waals surface area contributed by atoms with E-state index in [1.165, 1.54) is 18.2 Å². The Morgan fingerprint density at radius 3 is 2.55 bits per heavy atom. The van der Waals surface area contributed by atoms with Gasteiger partial charge in [0.25, 0.3) is 5.91 Å². The second-order valence-electron chi connectivity index (χ2n) is 6.00. The summed E-state index contributed by atoms with van der Waals surface area (Å²) < 4.78 is 23.6. The smallest absolute Gasteiger partial charge is 0.338 e. The number of carbonyl (C=O) groups is 4. The third-order valence-electron chi connectivity index (χ3n) is 4.04. The zero-order valence-corrected chi connectivity index (χ0v) is 16.0. The molecule has 9 nitrogen and oxygen atoms in total. The van der Waals surface area contributed by atoms with Crippen LogP contribution in [0.5, 0.6) is 0 Å². The molecule has 3 N–H and O–H groups in total. The maximum absolute atomic E-state index is 13.6. The number of halogens is 1. The molecule has 3 amide bonds. The number of rotatable bonds is 8. The molecule has 0 saturated carbocycles. The van der Waals surface area contributed by atoms with Crippen molar-refractivity contribution in [2.75, 3.05) is 19.8 Å². The van der Waals surface area contributed by atoms with Crippen molar-refractivity contribution < 1.29 is 33.0 Å². The van der Waals surface area contributed by atoms with Crippen molar-refractivity contribution in [2.24, 2.45) is 0 Å². The lowest BCUT2D eigenvalue weighted by molar-refractivity contribution is -0.142. The van der Waals surface area contributed by atoms with Crippen molar-refractivity contribution >= 4 is 23.9 Å². The van der Waals surface area contributed by atoms with Crippen LogP contribution in [0.1, 0.15) is 30.6 Å². The van der Waals surface area contributed by atoms with Crippen LogP contribution in [-0.2, 0) is 19.1 Å². The summed E-state index contributed by atoms with van der Waals surface area (Å²) in [5.74, 6) is -2.95. The van der Waals surface area contributed by atoms with Crippen LogP contribution in [0.25, 0.3) is 0 Å². The molecule has 1 aliphatic heterocycles. The molecule has 29 heavy (non-hydrogen) atoms. The SMILES string of the molecule is CCOC(=O)C1=C(COC(=O)CNC(=O)c2ccccc2F)NC(=O)N[C@H]1CC. The number of hydrogen-bond donors (Lipinski definition) is 3. The van der Waals surface area contributed by atoms with Gasteiger partial charge in [-0.3, -0.25) is 9.59 Å². The average molecular weight is 407 g/mol. The molecule has 1 aliphatic rings. The first-order valence-corrected chi connectivity index (χ1v) is 9.03. The quantitative estimate of drug-likeness (QED) is 0.553. The predicted octanol–water partition coefficient (Wildman–Crippen LogP) is 1.01. The van der Waals surface area contributed by atoms with Crippen LogP contribution in [0.3, 0.4) is 0 Å². The van der Waals surface area contributed by atoms with E-state index in [1.54, 1.807) is 13.8 Å². The highest BCUT2D eigenvalue weighted by atomic mass is 19.1. The van der Waals surface area contributed by atoms with E-state index in [9.17, 15) is 23.6 Å². The second kappa shape index (κ2) is 10.2. The highest BCUT2D eigenvalue weighted by molar-refractivity contribution is 5.96. The van der Waals surface area contributed by atoms with Gasteiger partial charge in [0.2, 0.25) is 0 Å². The Labute approximate surface area is 166 Å².